The highest BCUT2D eigenvalue weighted by Gasteiger charge is 2.28. The number of amides is 1. The van der Waals surface area contributed by atoms with Crippen LogP contribution in [0.1, 0.15) is 18.4 Å². The van der Waals surface area contributed by atoms with E-state index in [1.807, 2.05) is 30.3 Å². The molecule has 0 radical (unpaired) electrons. The summed E-state index contributed by atoms with van der Waals surface area (Å²) >= 11 is 0. The van der Waals surface area contributed by atoms with Gasteiger partial charge in [0.05, 0.1) is 12.5 Å². The van der Waals surface area contributed by atoms with Crippen molar-refractivity contribution in [3.63, 3.8) is 0 Å². The lowest BCUT2D eigenvalue weighted by Gasteiger charge is -2.19. The summed E-state index contributed by atoms with van der Waals surface area (Å²) in [6.45, 7) is 0.726. The lowest BCUT2D eigenvalue weighted by Crippen LogP contribution is -2.35. The van der Waals surface area contributed by atoms with Gasteiger partial charge in [-0.2, -0.15) is 5.26 Å². The Hall–Kier alpha value is -1.82. The van der Waals surface area contributed by atoms with Crippen LogP contribution in [-0.2, 0) is 11.2 Å². The Morgan fingerprint density at radius 1 is 1.44 bits per heavy atom. The molecular formula is C13H14N2O. The second kappa shape index (κ2) is 4.80. The van der Waals surface area contributed by atoms with Crippen LogP contribution in [0.2, 0.25) is 0 Å². The zero-order valence-electron chi connectivity index (χ0n) is 9.10. The monoisotopic (exact) mass is 214 g/mol. The lowest BCUT2D eigenvalue weighted by molar-refractivity contribution is -0.130. The molecule has 1 aliphatic rings. The van der Waals surface area contributed by atoms with Crippen molar-refractivity contribution in [2.75, 3.05) is 6.54 Å². The standard InChI is InChI=1S/C13H14N2O/c14-10-12-7-4-8-15(12)13(16)9-11-5-2-1-3-6-11/h1-3,5-6,12H,4,7-9H2. The summed E-state index contributed by atoms with van der Waals surface area (Å²) in [5.41, 5.74) is 1.01. The van der Waals surface area contributed by atoms with Gasteiger partial charge in [-0.05, 0) is 18.4 Å². The molecule has 3 nitrogen and oxygen atoms in total. The summed E-state index contributed by atoms with van der Waals surface area (Å²) in [5, 5.41) is 8.91. The molecule has 3 heteroatoms. The van der Waals surface area contributed by atoms with Crippen LogP contribution in [-0.4, -0.2) is 23.4 Å². The number of carbonyl (C=O) groups excluding carboxylic acids is 1. The molecule has 1 aromatic rings. The van der Waals surface area contributed by atoms with Crippen LogP contribution >= 0.6 is 0 Å². The summed E-state index contributed by atoms with van der Waals surface area (Å²) < 4.78 is 0. The van der Waals surface area contributed by atoms with Crippen molar-refractivity contribution in [3.05, 3.63) is 35.9 Å². The molecule has 0 N–H and O–H groups in total. The summed E-state index contributed by atoms with van der Waals surface area (Å²) in [5.74, 6) is 0.0650. The largest absolute Gasteiger partial charge is 0.326 e. The topological polar surface area (TPSA) is 44.1 Å². The first-order valence-electron chi connectivity index (χ1n) is 5.54. The Labute approximate surface area is 95.3 Å². The van der Waals surface area contributed by atoms with Gasteiger partial charge in [-0.3, -0.25) is 4.79 Å². The molecular weight excluding hydrogens is 200 g/mol. The predicted octanol–water partition coefficient (Wildman–Crippen LogP) is 1.74. The molecule has 1 aliphatic heterocycles. The fourth-order valence-corrected chi connectivity index (χ4v) is 2.07. The van der Waals surface area contributed by atoms with E-state index in [0.717, 1.165) is 24.9 Å². The maximum Gasteiger partial charge on any atom is 0.228 e. The number of carbonyl (C=O) groups is 1. The van der Waals surface area contributed by atoms with Crippen molar-refractivity contribution in [2.24, 2.45) is 0 Å². The van der Waals surface area contributed by atoms with Gasteiger partial charge in [0.2, 0.25) is 5.91 Å². The number of likely N-dealkylation sites (tertiary alicyclic amines) is 1. The number of hydrogen-bond acceptors (Lipinski definition) is 2. The third-order valence-electron chi connectivity index (χ3n) is 2.92. The minimum absolute atomic E-state index is 0.0650. The van der Waals surface area contributed by atoms with Crippen LogP contribution in [0.25, 0.3) is 0 Å². The predicted molar refractivity (Wildman–Crippen MR) is 60.5 cm³/mol. The summed E-state index contributed by atoms with van der Waals surface area (Å²) in [7, 11) is 0. The Bertz CT molecular complexity index is 408. The van der Waals surface area contributed by atoms with Crippen LogP contribution < -0.4 is 0 Å². The molecule has 0 bridgehead atoms. The molecule has 0 aromatic heterocycles. The number of hydrogen-bond donors (Lipinski definition) is 0. The van der Waals surface area contributed by atoms with Gasteiger partial charge in [0.15, 0.2) is 0 Å². The zero-order chi connectivity index (χ0) is 11.4. The van der Waals surface area contributed by atoms with E-state index in [-0.39, 0.29) is 11.9 Å². The van der Waals surface area contributed by atoms with Gasteiger partial charge in [0.25, 0.3) is 0 Å². The SMILES string of the molecule is N#CC1CCCN1C(=O)Cc1ccccc1. The maximum absolute atomic E-state index is 12.0. The van der Waals surface area contributed by atoms with Crippen LogP contribution in [0.15, 0.2) is 30.3 Å². The minimum Gasteiger partial charge on any atom is -0.326 e. The third-order valence-corrected chi connectivity index (χ3v) is 2.92. The minimum atomic E-state index is -0.212. The Balaban J connectivity index is 2.01. The van der Waals surface area contributed by atoms with Crippen molar-refractivity contribution >= 4 is 5.91 Å². The van der Waals surface area contributed by atoms with Crippen molar-refractivity contribution in [1.29, 1.82) is 5.26 Å². The van der Waals surface area contributed by atoms with Crippen LogP contribution in [0.3, 0.4) is 0 Å². The van der Waals surface area contributed by atoms with Gasteiger partial charge < -0.3 is 4.90 Å². The smallest absolute Gasteiger partial charge is 0.228 e. The van der Waals surface area contributed by atoms with Gasteiger partial charge in [0.1, 0.15) is 6.04 Å². The van der Waals surface area contributed by atoms with Crippen molar-refractivity contribution < 1.29 is 4.79 Å². The molecule has 1 amide bonds. The maximum atomic E-state index is 12.0. The molecule has 0 saturated carbocycles. The number of benzene rings is 1. The fourth-order valence-electron chi connectivity index (χ4n) is 2.07. The molecule has 16 heavy (non-hydrogen) atoms. The quantitative estimate of drug-likeness (QED) is 0.752. The Morgan fingerprint density at radius 3 is 2.88 bits per heavy atom. The molecule has 1 aromatic carbocycles. The summed E-state index contributed by atoms with van der Waals surface area (Å²) in [4.78, 5) is 13.7. The van der Waals surface area contributed by atoms with Gasteiger partial charge in [-0.15, -0.1) is 0 Å². The summed E-state index contributed by atoms with van der Waals surface area (Å²) in [6, 6.07) is 11.6. The fraction of sp³-hybridized carbons (Fsp3) is 0.385. The molecule has 1 atom stereocenters. The highest BCUT2D eigenvalue weighted by molar-refractivity contribution is 5.79. The van der Waals surface area contributed by atoms with Crippen LogP contribution in [0.4, 0.5) is 0 Å². The highest BCUT2D eigenvalue weighted by atomic mass is 16.2. The van der Waals surface area contributed by atoms with E-state index in [9.17, 15) is 4.79 Å². The van der Waals surface area contributed by atoms with E-state index >= 15 is 0 Å². The first kappa shape index (κ1) is 10.7. The summed E-state index contributed by atoms with van der Waals surface area (Å²) in [6.07, 6.45) is 2.16. The number of rotatable bonds is 2. The first-order chi connectivity index (χ1) is 7.81. The van der Waals surface area contributed by atoms with E-state index in [4.69, 9.17) is 5.26 Å². The van der Waals surface area contributed by atoms with Gasteiger partial charge >= 0.3 is 0 Å². The lowest BCUT2D eigenvalue weighted by atomic mass is 10.1. The molecule has 0 aliphatic carbocycles. The average Bonchev–Trinajstić information content (AvgIpc) is 2.78. The van der Waals surface area contributed by atoms with Crippen LogP contribution in [0.5, 0.6) is 0 Å². The molecule has 1 unspecified atom stereocenters. The molecule has 1 heterocycles. The molecule has 1 fully saturated rings. The molecule has 82 valence electrons. The highest BCUT2D eigenvalue weighted by Crippen LogP contribution is 2.17. The third kappa shape index (κ3) is 2.22. The van der Waals surface area contributed by atoms with Gasteiger partial charge in [-0.25, -0.2) is 0 Å². The Kier molecular flexibility index (Phi) is 3.21. The van der Waals surface area contributed by atoms with Gasteiger partial charge in [0, 0.05) is 6.54 Å². The molecule has 0 spiro atoms. The Morgan fingerprint density at radius 2 is 2.19 bits per heavy atom. The van der Waals surface area contributed by atoms with Gasteiger partial charge in [-0.1, -0.05) is 30.3 Å². The van der Waals surface area contributed by atoms with Crippen LogP contribution in [0, 0.1) is 11.3 Å². The zero-order valence-corrected chi connectivity index (χ0v) is 9.10. The van der Waals surface area contributed by atoms with E-state index in [1.54, 1.807) is 4.90 Å². The normalized spacial score (nSPS) is 19.4. The second-order valence-corrected chi connectivity index (χ2v) is 4.04. The van der Waals surface area contributed by atoms with Crippen molar-refractivity contribution in [3.8, 4) is 6.07 Å². The van der Waals surface area contributed by atoms with E-state index in [2.05, 4.69) is 6.07 Å². The van der Waals surface area contributed by atoms with E-state index in [0.29, 0.717) is 6.42 Å². The van der Waals surface area contributed by atoms with E-state index in [1.165, 1.54) is 0 Å². The van der Waals surface area contributed by atoms with Crippen molar-refractivity contribution in [1.82, 2.24) is 4.90 Å². The number of nitrogens with zero attached hydrogens (tertiary/aromatic N) is 2. The van der Waals surface area contributed by atoms with Crippen molar-refractivity contribution in [2.45, 2.75) is 25.3 Å². The van der Waals surface area contributed by atoms with E-state index < -0.39 is 0 Å². The number of nitriles is 1. The molecule has 1 saturated heterocycles. The average molecular weight is 214 g/mol. The molecule has 2 rings (SSSR count). The second-order valence-electron chi connectivity index (χ2n) is 4.04. The first-order valence-corrected chi connectivity index (χ1v) is 5.54.